The number of amides is 1. The Morgan fingerprint density at radius 3 is 2.71 bits per heavy atom. The molecule has 0 saturated carbocycles. The number of primary sulfonamides is 1. The lowest BCUT2D eigenvalue weighted by Gasteiger charge is -2.03. The van der Waals surface area contributed by atoms with Crippen molar-refractivity contribution in [3.8, 4) is 0 Å². The molecule has 0 spiro atoms. The molecule has 1 aliphatic rings. The molecule has 0 saturated heterocycles. The van der Waals surface area contributed by atoms with Crippen molar-refractivity contribution in [2.24, 2.45) is 5.14 Å². The predicted molar refractivity (Wildman–Crippen MR) is 50.1 cm³/mol. The average molecular weight is 212 g/mol. The van der Waals surface area contributed by atoms with Crippen LogP contribution < -0.4 is 10.5 Å². The zero-order valence-electron chi connectivity index (χ0n) is 7.15. The number of carbonyl (C=O) groups excluding carboxylic acids is 1. The maximum atomic E-state index is 11.1. The summed E-state index contributed by atoms with van der Waals surface area (Å²) in [5.74, 6) is -0.212. The van der Waals surface area contributed by atoms with E-state index >= 15 is 0 Å². The quantitative estimate of drug-likeness (QED) is 0.677. The van der Waals surface area contributed by atoms with Crippen LogP contribution >= 0.6 is 0 Å². The molecule has 3 N–H and O–H groups in total. The van der Waals surface area contributed by atoms with E-state index in [2.05, 4.69) is 5.32 Å². The lowest BCUT2D eigenvalue weighted by Crippen LogP contribution is -2.14. The highest BCUT2D eigenvalue weighted by molar-refractivity contribution is 7.89. The molecular formula is C8H8N2O3S. The number of nitrogens with two attached hydrogens (primary N) is 1. The Kier molecular flexibility index (Phi) is 1.83. The molecule has 2 rings (SSSR count). The van der Waals surface area contributed by atoms with E-state index in [-0.39, 0.29) is 17.2 Å². The van der Waals surface area contributed by atoms with Crippen LogP contribution in [0.5, 0.6) is 0 Å². The van der Waals surface area contributed by atoms with Crippen molar-refractivity contribution in [2.45, 2.75) is 11.3 Å². The van der Waals surface area contributed by atoms with E-state index < -0.39 is 10.0 Å². The number of carbonyl (C=O) groups is 1. The molecule has 0 fully saturated rings. The predicted octanol–water partition coefficient (Wildman–Crippen LogP) is -0.171. The van der Waals surface area contributed by atoms with Crippen LogP contribution in [0.1, 0.15) is 5.56 Å². The van der Waals surface area contributed by atoms with Gasteiger partial charge in [0.1, 0.15) is 0 Å². The summed E-state index contributed by atoms with van der Waals surface area (Å²) in [5.41, 5.74) is 0.988. The number of fused-ring (bicyclic) bond motifs is 1. The minimum atomic E-state index is -3.74. The van der Waals surface area contributed by atoms with Crippen molar-refractivity contribution in [3.05, 3.63) is 23.8 Å². The minimum absolute atomic E-state index is 0.0216. The van der Waals surface area contributed by atoms with E-state index in [1.807, 2.05) is 0 Å². The fourth-order valence-corrected chi connectivity index (χ4v) is 2.28. The molecule has 1 heterocycles. The van der Waals surface area contributed by atoms with Crippen molar-refractivity contribution in [1.29, 1.82) is 0 Å². The molecule has 74 valence electrons. The summed E-state index contributed by atoms with van der Waals surface area (Å²) in [6, 6.07) is 4.59. The van der Waals surface area contributed by atoms with Crippen LogP contribution in [0.2, 0.25) is 0 Å². The largest absolute Gasteiger partial charge is 0.325 e. The molecule has 1 aliphatic heterocycles. The van der Waals surface area contributed by atoms with Gasteiger partial charge >= 0.3 is 0 Å². The van der Waals surface area contributed by atoms with E-state index in [0.29, 0.717) is 11.3 Å². The lowest BCUT2D eigenvalue weighted by molar-refractivity contribution is -0.115. The summed E-state index contributed by atoms with van der Waals surface area (Å²) in [7, 11) is -3.74. The van der Waals surface area contributed by atoms with Gasteiger partial charge in [-0.3, -0.25) is 4.79 Å². The second-order valence-electron chi connectivity index (χ2n) is 3.05. The molecule has 0 unspecified atom stereocenters. The number of nitrogens with one attached hydrogen (secondary N) is 1. The lowest BCUT2D eigenvalue weighted by atomic mass is 10.2. The van der Waals surface area contributed by atoms with Crippen molar-refractivity contribution in [1.82, 2.24) is 0 Å². The van der Waals surface area contributed by atoms with Gasteiger partial charge < -0.3 is 5.32 Å². The van der Waals surface area contributed by atoms with E-state index in [1.165, 1.54) is 6.07 Å². The summed E-state index contributed by atoms with van der Waals surface area (Å²) in [4.78, 5) is 11.1. The van der Waals surface area contributed by atoms with Crippen LogP contribution in [-0.2, 0) is 21.2 Å². The Morgan fingerprint density at radius 2 is 2.07 bits per heavy atom. The number of anilines is 1. The topological polar surface area (TPSA) is 89.3 Å². The maximum Gasteiger partial charge on any atom is 0.238 e. The average Bonchev–Trinajstić information content (AvgIpc) is 2.41. The summed E-state index contributed by atoms with van der Waals surface area (Å²) >= 11 is 0. The number of benzene rings is 1. The molecule has 1 aromatic rings. The maximum absolute atomic E-state index is 11.1. The van der Waals surface area contributed by atoms with Gasteiger partial charge in [0, 0.05) is 11.3 Å². The minimum Gasteiger partial charge on any atom is -0.325 e. The highest BCUT2D eigenvalue weighted by Crippen LogP contribution is 2.28. The Hall–Kier alpha value is -1.40. The molecule has 1 amide bonds. The van der Waals surface area contributed by atoms with Gasteiger partial charge in [0.25, 0.3) is 0 Å². The van der Waals surface area contributed by atoms with Crippen molar-refractivity contribution < 1.29 is 13.2 Å². The van der Waals surface area contributed by atoms with Gasteiger partial charge in [-0.2, -0.15) is 0 Å². The second-order valence-corrected chi connectivity index (χ2v) is 4.58. The third kappa shape index (κ3) is 1.38. The smallest absolute Gasteiger partial charge is 0.238 e. The van der Waals surface area contributed by atoms with Crippen LogP contribution in [0.15, 0.2) is 23.1 Å². The van der Waals surface area contributed by atoms with Gasteiger partial charge in [0.2, 0.25) is 15.9 Å². The van der Waals surface area contributed by atoms with Crippen molar-refractivity contribution in [3.63, 3.8) is 0 Å². The fraction of sp³-hybridized carbons (Fsp3) is 0.125. The first-order valence-electron chi connectivity index (χ1n) is 3.93. The molecule has 0 radical (unpaired) electrons. The molecule has 14 heavy (non-hydrogen) atoms. The van der Waals surface area contributed by atoms with E-state index in [1.54, 1.807) is 12.1 Å². The van der Waals surface area contributed by atoms with Gasteiger partial charge in [-0.25, -0.2) is 13.6 Å². The van der Waals surface area contributed by atoms with Gasteiger partial charge in [0.15, 0.2) is 0 Å². The second kappa shape index (κ2) is 2.79. The number of rotatable bonds is 1. The summed E-state index contributed by atoms with van der Waals surface area (Å²) < 4.78 is 22.3. The monoisotopic (exact) mass is 212 g/mol. The zero-order chi connectivity index (χ0) is 10.3. The molecule has 0 aliphatic carbocycles. The molecule has 1 aromatic carbocycles. The van der Waals surface area contributed by atoms with Crippen LogP contribution in [0.4, 0.5) is 5.69 Å². The van der Waals surface area contributed by atoms with E-state index in [4.69, 9.17) is 5.14 Å². The highest BCUT2D eigenvalue weighted by atomic mass is 32.2. The van der Waals surface area contributed by atoms with Gasteiger partial charge in [0.05, 0.1) is 11.3 Å². The first-order chi connectivity index (χ1) is 6.48. The van der Waals surface area contributed by atoms with E-state index in [0.717, 1.165) is 0 Å². The van der Waals surface area contributed by atoms with Crippen LogP contribution in [0, 0.1) is 0 Å². The SMILES string of the molecule is NS(=O)(=O)c1cccc2c1CC(=O)N2. The van der Waals surface area contributed by atoms with Crippen molar-refractivity contribution >= 4 is 21.6 Å². The molecular weight excluding hydrogens is 204 g/mol. The zero-order valence-corrected chi connectivity index (χ0v) is 7.97. The van der Waals surface area contributed by atoms with Gasteiger partial charge in [-0.1, -0.05) is 6.07 Å². The number of sulfonamides is 1. The molecule has 0 bridgehead atoms. The van der Waals surface area contributed by atoms with E-state index in [9.17, 15) is 13.2 Å². The Labute approximate surface area is 81.0 Å². The standard InChI is InChI=1S/C8H8N2O3S/c9-14(12,13)7-3-1-2-6-5(7)4-8(11)10-6/h1-3H,4H2,(H,10,11)(H2,9,12,13). The summed E-state index contributed by atoms with van der Waals surface area (Å²) in [6.45, 7) is 0. The third-order valence-corrected chi connectivity index (χ3v) is 3.05. The normalized spacial score (nSPS) is 15.1. The van der Waals surface area contributed by atoms with Crippen LogP contribution in [-0.4, -0.2) is 14.3 Å². The molecule has 0 aromatic heterocycles. The summed E-state index contributed by atoms with van der Waals surface area (Å²) in [6.07, 6.45) is 0.0714. The molecule has 5 nitrogen and oxygen atoms in total. The van der Waals surface area contributed by atoms with Crippen molar-refractivity contribution in [2.75, 3.05) is 5.32 Å². The fourth-order valence-electron chi connectivity index (χ4n) is 1.49. The third-order valence-electron chi connectivity index (χ3n) is 2.05. The number of hydrogen-bond donors (Lipinski definition) is 2. The highest BCUT2D eigenvalue weighted by Gasteiger charge is 2.24. The Bertz CT molecular complexity index is 507. The first kappa shape index (κ1) is 9.17. The van der Waals surface area contributed by atoms with Crippen LogP contribution in [0.3, 0.4) is 0 Å². The first-order valence-corrected chi connectivity index (χ1v) is 5.47. The van der Waals surface area contributed by atoms with Crippen LogP contribution in [0.25, 0.3) is 0 Å². The Balaban J connectivity index is 2.67. The van der Waals surface area contributed by atoms with Gasteiger partial charge in [-0.15, -0.1) is 0 Å². The molecule has 0 atom stereocenters. The van der Waals surface area contributed by atoms with Gasteiger partial charge in [-0.05, 0) is 12.1 Å². The Morgan fingerprint density at radius 1 is 1.36 bits per heavy atom. The number of hydrogen-bond acceptors (Lipinski definition) is 3. The molecule has 6 heteroatoms. The summed E-state index contributed by atoms with van der Waals surface area (Å²) in [5, 5.41) is 7.56.